The summed E-state index contributed by atoms with van der Waals surface area (Å²) in [4.78, 5) is 12.3. The molecule has 0 aliphatic carbocycles. The lowest BCUT2D eigenvalue weighted by Gasteiger charge is -2.40. The van der Waals surface area contributed by atoms with Crippen LogP contribution in [0.15, 0.2) is 0 Å². The zero-order chi connectivity index (χ0) is 10.6. The largest absolute Gasteiger partial charge is 0.465 e. The van der Waals surface area contributed by atoms with Crippen LogP contribution in [-0.2, 0) is 15.4 Å². The first-order valence-electron chi connectivity index (χ1n) is 4.95. The number of hydrogen-bond acceptors (Lipinski definition) is 3. The monoisotopic (exact) mass is 232 g/mol. The first-order chi connectivity index (χ1) is 7.12. The summed E-state index contributed by atoms with van der Waals surface area (Å²) in [6.07, 6.45) is 0.908. The molecule has 0 saturated carbocycles. The molecule has 3 atom stereocenters. The van der Waals surface area contributed by atoms with Crippen LogP contribution in [0.3, 0.4) is 0 Å². The number of carbonyl (C=O) groups is 1. The van der Waals surface area contributed by atoms with Gasteiger partial charge in [-0.05, 0) is 12.8 Å². The molecule has 0 aromatic heterocycles. The highest BCUT2D eigenvalue weighted by Gasteiger charge is 2.59. The van der Waals surface area contributed by atoms with Crippen LogP contribution in [-0.4, -0.2) is 55.9 Å². The van der Waals surface area contributed by atoms with Crippen LogP contribution in [0.25, 0.3) is 0 Å². The van der Waals surface area contributed by atoms with Crippen LogP contribution in [0.1, 0.15) is 12.8 Å². The quantitative estimate of drug-likeness (QED) is 0.627. The van der Waals surface area contributed by atoms with Gasteiger partial charge in [0.15, 0.2) is 0 Å². The maximum atomic E-state index is 11.6. The van der Waals surface area contributed by atoms with Crippen molar-refractivity contribution >= 4 is 17.4 Å². The molecule has 0 spiro atoms. The Labute approximate surface area is 89.6 Å². The Morgan fingerprint density at radius 3 is 3.13 bits per heavy atom. The van der Waals surface area contributed by atoms with Gasteiger partial charge in [-0.1, -0.05) is 0 Å². The number of amides is 1. The molecule has 0 aromatic rings. The van der Waals surface area contributed by atoms with E-state index < -0.39 is 17.4 Å². The van der Waals surface area contributed by atoms with Crippen molar-refractivity contribution in [3.8, 4) is 0 Å². The molecular weight excluding hydrogens is 220 g/mol. The van der Waals surface area contributed by atoms with Gasteiger partial charge >= 0.3 is 6.09 Å². The van der Waals surface area contributed by atoms with Gasteiger partial charge in [-0.15, -0.1) is 0 Å². The van der Waals surface area contributed by atoms with Gasteiger partial charge in [0.05, 0.1) is 12.1 Å². The van der Waals surface area contributed by atoms with Crippen molar-refractivity contribution in [1.29, 1.82) is 0 Å². The van der Waals surface area contributed by atoms with Crippen LogP contribution in [0.4, 0.5) is 4.79 Å². The Bertz CT molecular complexity index is 350. The lowest BCUT2D eigenvalue weighted by atomic mass is 9.98. The highest BCUT2D eigenvalue weighted by atomic mass is 32.2. The smallest absolute Gasteiger partial charge is 0.407 e. The van der Waals surface area contributed by atoms with E-state index in [-0.39, 0.29) is 11.6 Å². The van der Waals surface area contributed by atoms with Crippen molar-refractivity contribution in [3.63, 3.8) is 0 Å². The topological polar surface area (TPSA) is 70.1 Å². The second-order valence-corrected chi connectivity index (χ2v) is 5.45. The highest BCUT2D eigenvalue weighted by Crippen LogP contribution is 2.44. The molecule has 7 heteroatoms. The van der Waals surface area contributed by atoms with Gasteiger partial charge in [0.2, 0.25) is 11.3 Å². The third-order valence-corrected chi connectivity index (χ3v) is 4.84. The number of likely N-dealkylation sites (tertiary alicyclic amines) is 1. The standard InChI is InChI=1S/C8H12N2O4S/c11-7(12)9-3-6-1-2-8(4-9)5-14-15(13)10(6)8/h6H,1-5H2,(H,11,12)/t6-,8+,15?/m0/s1. The van der Waals surface area contributed by atoms with Crippen molar-refractivity contribution in [1.82, 2.24) is 9.21 Å². The van der Waals surface area contributed by atoms with Gasteiger partial charge in [0.1, 0.15) is 0 Å². The summed E-state index contributed by atoms with van der Waals surface area (Å²) in [6, 6.07) is 0.0678. The molecule has 3 saturated heterocycles. The Kier molecular flexibility index (Phi) is 1.87. The number of rotatable bonds is 0. The summed E-state index contributed by atoms with van der Waals surface area (Å²) >= 11 is -1.36. The Morgan fingerprint density at radius 1 is 1.60 bits per heavy atom. The number of piperazine rings is 1. The van der Waals surface area contributed by atoms with Crippen molar-refractivity contribution in [2.45, 2.75) is 24.4 Å². The SMILES string of the molecule is O=C(O)N1C[C@@H]2CC[C@]3(COS(=O)N23)C1. The average molecular weight is 232 g/mol. The van der Waals surface area contributed by atoms with Gasteiger partial charge in [-0.2, -0.15) is 4.31 Å². The molecule has 1 unspecified atom stereocenters. The molecule has 1 amide bonds. The summed E-state index contributed by atoms with van der Waals surface area (Å²) in [5, 5.41) is 8.97. The van der Waals surface area contributed by atoms with Crippen molar-refractivity contribution in [3.05, 3.63) is 0 Å². The maximum absolute atomic E-state index is 11.6. The molecule has 15 heavy (non-hydrogen) atoms. The highest BCUT2D eigenvalue weighted by molar-refractivity contribution is 7.78. The van der Waals surface area contributed by atoms with E-state index in [1.807, 2.05) is 4.31 Å². The van der Waals surface area contributed by atoms with Crippen molar-refractivity contribution < 1.29 is 18.3 Å². The third-order valence-electron chi connectivity index (χ3n) is 3.52. The number of nitrogens with zero attached hydrogens (tertiary/aromatic N) is 2. The number of carboxylic acid groups (broad SMARTS) is 1. The normalized spacial score (nSPS) is 44.4. The molecule has 3 aliphatic rings. The fourth-order valence-corrected chi connectivity index (χ4v) is 4.23. The van der Waals surface area contributed by atoms with Crippen molar-refractivity contribution in [2.24, 2.45) is 0 Å². The molecule has 2 bridgehead atoms. The lowest BCUT2D eigenvalue weighted by Crippen LogP contribution is -2.60. The predicted octanol–water partition coefficient (Wildman–Crippen LogP) is -0.208. The molecule has 0 aromatic carbocycles. The van der Waals surface area contributed by atoms with Crippen molar-refractivity contribution in [2.75, 3.05) is 19.7 Å². The van der Waals surface area contributed by atoms with Gasteiger partial charge in [0.25, 0.3) is 0 Å². The summed E-state index contributed by atoms with van der Waals surface area (Å²) in [6.45, 7) is 1.26. The molecule has 3 heterocycles. The summed E-state index contributed by atoms with van der Waals surface area (Å²) in [5.74, 6) is 0. The second kappa shape index (κ2) is 2.93. The van der Waals surface area contributed by atoms with E-state index in [1.54, 1.807) is 0 Å². The van der Waals surface area contributed by atoms with E-state index in [0.29, 0.717) is 19.7 Å². The minimum Gasteiger partial charge on any atom is -0.465 e. The van der Waals surface area contributed by atoms with E-state index in [0.717, 1.165) is 12.8 Å². The first-order valence-corrected chi connectivity index (χ1v) is 5.98. The predicted molar refractivity (Wildman–Crippen MR) is 51.3 cm³/mol. The number of hydrogen-bond donors (Lipinski definition) is 1. The summed E-state index contributed by atoms with van der Waals surface area (Å²) in [5.41, 5.74) is -0.313. The fraction of sp³-hybridized carbons (Fsp3) is 0.875. The van der Waals surface area contributed by atoms with E-state index in [9.17, 15) is 9.00 Å². The zero-order valence-electron chi connectivity index (χ0n) is 8.09. The molecule has 0 radical (unpaired) electrons. The zero-order valence-corrected chi connectivity index (χ0v) is 8.90. The van der Waals surface area contributed by atoms with E-state index in [2.05, 4.69) is 0 Å². The molecule has 3 fully saturated rings. The van der Waals surface area contributed by atoms with E-state index in [1.165, 1.54) is 4.90 Å². The minimum atomic E-state index is -1.36. The van der Waals surface area contributed by atoms with E-state index in [4.69, 9.17) is 9.29 Å². The van der Waals surface area contributed by atoms with Gasteiger partial charge in [0, 0.05) is 19.1 Å². The lowest BCUT2D eigenvalue weighted by molar-refractivity contribution is 0.0648. The molecule has 84 valence electrons. The molecule has 3 aliphatic heterocycles. The fourth-order valence-electron chi connectivity index (χ4n) is 2.86. The summed E-state index contributed by atoms with van der Waals surface area (Å²) in [7, 11) is 0. The minimum absolute atomic E-state index is 0.0678. The average Bonchev–Trinajstić information content (AvgIpc) is 2.63. The van der Waals surface area contributed by atoms with Gasteiger partial charge < -0.3 is 10.0 Å². The van der Waals surface area contributed by atoms with Crippen LogP contribution in [0, 0.1) is 0 Å². The Balaban J connectivity index is 1.93. The van der Waals surface area contributed by atoms with E-state index >= 15 is 0 Å². The first kappa shape index (κ1) is 9.56. The van der Waals surface area contributed by atoms with Crippen LogP contribution in [0.2, 0.25) is 0 Å². The third kappa shape index (κ3) is 1.17. The molecule has 6 nitrogen and oxygen atoms in total. The second-order valence-electron chi connectivity index (χ2n) is 4.39. The van der Waals surface area contributed by atoms with Crippen LogP contribution >= 0.6 is 0 Å². The Morgan fingerprint density at radius 2 is 2.40 bits per heavy atom. The van der Waals surface area contributed by atoms with Crippen LogP contribution in [0.5, 0.6) is 0 Å². The summed E-state index contributed by atoms with van der Waals surface area (Å²) < 4.78 is 18.6. The molecule has 1 N–H and O–H groups in total. The Hall–Kier alpha value is -0.660. The van der Waals surface area contributed by atoms with Gasteiger partial charge in [-0.3, -0.25) is 4.18 Å². The van der Waals surface area contributed by atoms with Crippen LogP contribution < -0.4 is 0 Å². The maximum Gasteiger partial charge on any atom is 0.407 e. The molecular formula is C8H12N2O4S. The van der Waals surface area contributed by atoms with Gasteiger partial charge in [-0.25, -0.2) is 9.00 Å². The molecule has 3 rings (SSSR count).